The summed E-state index contributed by atoms with van der Waals surface area (Å²) in [7, 11) is 0. The molecule has 138 valence electrons. The predicted molar refractivity (Wildman–Crippen MR) is 104 cm³/mol. The van der Waals surface area contributed by atoms with Crippen molar-refractivity contribution in [1.29, 1.82) is 0 Å². The molecule has 1 heterocycles. The summed E-state index contributed by atoms with van der Waals surface area (Å²) in [6, 6.07) is 15.3. The molecule has 1 amide bonds. The Morgan fingerprint density at radius 3 is 2.77 bits per heavy atom. The van der Waals surface area contributed by atoms with E-state index in [9.17, 15) is 4.79 Å². The third-order valence-electron chi connectivity index (χ3n) is 4.64. The molecule has 2 atom stereocenters. The van der Waals surface area contributed by atoms with E-state index in [1.807, 2.05) is 55.5 Å². The molecule has 0 saturated carbocycles. The van der Waals surface area contributed by atoms with Gasteiger partial charge in [-0.2, -0.15) is 0 Å². The third kappa shape index (κ3) is 5.07. The van der Waals surface area contributed by atoms with E-state index in [0.29, 0.717) is 10.6 Å². The van der Waals surface area contributed by atoms with Gasteiger partial charge >= 0.3 is 0 Å². The van der Waals surface area contributed by atoms with Gasteiger partial charge in [0.1, 0.15) is 0 Å². The van der Waals surface area contributed by atoms with Crippen molar-refractivity contribution in [3.8, 4) is 0 Å². The molecule has 0 aliphatic carbocycles. The Morgan fingerprint density at radius 2 is 2.08 bits per heavy atom. The lowest BCUT2D eigenvalue weighted by molar-refractivity contribution is -0.0212. The zero-order valence-corrected chi connectivity index (χ0v) is 16.0. The highest BCUT2D eigenvalue weighted by Crippen LogP contribution is 2.18. The number of hydrogen-bond donors (Lipinski definition) is 1. The molecule has 0 aromatic heterocycles. The molecule has 26 heavy (non-hydrogen) atoms. The maximum absolute atomic E-state index is 12.5. The lowest BCUT2D eigenvalue weighted by atomic mass is 10.1. The van der Waals surface area contributed by atoms with E-state index in [-0.39, 0.29) is 18.1 Å². The maximum Gasteiger partial charge on any atom is 0.251 e. The van der Waals surface area contributed by atoms with Gasteiger partial charge in [-0.25, -0.2) is 0 Å². The third-order valence-corrected chi connectivity index (χ3v) is 4.88. The Morgan fingerprint density at radius 1 is 1.31 bits per heavy atom. The zero-order valence-electron chi connectivity index (χ0n) is 15.2. The largest absolute Gasteiger partial charge is 0.376 e. The normalized spacial score (nSPS) is 19.1. The molecule has 0 spiro atoms. The average molecular weight is 373 g/mol. The summed E-state index contributed by atoms with van der Waals surface area (Å²) >= 11 is 6.02. The van der Waals surface area contributed by atoms with Crippen LogP contribution in [-0.4, -0.2) is 36.6 Å². The first-order valence-corrected chi connectivity index (χ1v) is 9.38. The van der Waals surface area contributed by atoms with E-state index >= 15 is 0 Å². The van der Waals surface area contributed by atoms with E-state index in [1.54, 1.807) is 0 Å². The van der Waals surface area contributed by atoms with Crippen molar-refractivity contribution in [2.45, 2.75) is 32.5 Å². The van der Waals surface area contributed by atoms with Gasteiger partial charge in [0.05, 0.1) is 18.8 Å². The van der Waals surface area contributed by atoms with Crippen LogP contribution in [0.1, 0.15) is 41.4 Å². The summed E-state index contributed by atoms with van der Waals surface area (Å²) in [5.41, 5.74) is 2.86. The smallest absolute Gasteiger partial charge is 0.251 e. The second-order valence-electron chi connectivity index (χ2n) is 6.86. The number of ether oxygens (including phenoxy) is 1. The standard InChI is InChI=1S/C21H25ClN2O2/c1-15-13-24(10-11-26-15)14-17-6-8-18(9-7-17)21(25)23-16(2)19-4-3-5-20(22)12-19/h3-9,12,15-16H,10-11,13-14H2,1-2H3,(H,23,25)/t15-,16-/m0/s1. The number of amides is 1. The second-order valence-corrected chi connectivity index (χ2v) is 7.30. The molecule has 0 bridgehead atoms. The van der Waals surface area contributed by atoms with Crippen LogP contribution >= 0.6 is 11.6 Å². The van der Waals surface area contributed by atoms with Gasteiger partial charge < -0.3 is 10.1 Å². The number of halogens is 1. The number of hydrogen-bond acceptors (Lipinski definition) is 3. The number of carbonyl (C=O) groups excluding carboxylic acids is 1. The molecule has 2 aromatic carbocycles. The first-order chi connectivity index (χ1) is 12.5. The van der Waals surface area contributed by atoms with E-state index in [2.05, 4.69) is 17.1 Å². The molecule has 4 nitrogen and oxygen atoms in total. The van der Waals surface area contributed by atoms with Crippen LogP contribution in [0.3, 0.4) is 0 Å². The van der Waals surface area contributed by atoms with Gasteiger partial charge in [-0.15, -0.1) is 0 Å². The molecule has 1 aliphatic heterocycles. The van der Waals surface area contributed by atoms with E-state index < -0.39 is 0 Å². The fourth-order valence-electron chi connectivity index (χ4n) is 3.19. The Labute approximate surface area is 160 Å². The molecule has 2 aromatic rings. The van der Waals surface area contributed by atoms with Gasteiger partial charge in [-0.05, 0) is 49.2 Å². The minimum atomic E-state index is -0.101. The number of nitrogens with zero attached hydrogens (tertiary/aromatic N) is 1. The molecular formula is C21H25ClN2O2. The van der Waals surface area contributed by atoms with Crippen molar-refractivity contribution in [3.63, 3.8) is 0 Å². The zero-order chi connectivity index (χ0) is 18.5. The highest BCUT2D eigenvalue weighted by atomic mass is 35.5. The molecule has 5 heteroatoms. The Balaban J connectivity index is 1.58. The van der Waals surface area contributed by atoms with Crippen LogP contribution in [0, 0.1) is 0 Å². The summed E-state index contributed by atoms with van der Waals surface area (Å²) < 4.78 is 5.57. The van der Waals surface area contributed by atoms with Gasteiger partial charge in [0.15, 0.2) is 0 Å². The first kappa shape index (κ1) is 18.9. The number of carbonyl (C=O) groups is 1. The quantitative estimate of drug-likeness (QED) is 0.860. The topological polar surface area (TPSA) is 41.6 Å². The van der Waals surface area contributed by atoms with Crippen molar-refractivity contribution >= 4 is 17.5 Å². The molecule has 1 N–H and O–H groups in total. The Hall–Kier alpha value is -1.88. The number of morpholine rings is 1. The fraction of sp³-hybridized carbons (Fsp3) is 0.381. The van der Waals surface area contributed by atoms with Gasteiger partial charge in [0.25, 0.3) is 5.91 Å². The van der Waals surface area contributed by atoms with Crippen LogP contribution in [0.2, 0.25) is 5.02 Å². The van der Waals surface area contributed by atoms with Gasteiger partial charge in [-0.1, -0.05) is 35.9 Å². The van der Waals surface area contributed by atoms with Crippen molar-refractivity contribution in [1.82, 2.24) is 10.2 Å². The Kier molecular flexibility index (Phi) is 6.30. The van der Waals surface area contributed by atoms with Crippen LogP contribution in [0.25, 0.3) is 0 Å². The van der Waals surface area contributed by atoms with E-state index in [4.69, 9.17) is 16.3 Å². The van der Waals surface area contributed by atoms with E-state index in [1.165, 1.54) is 5.56 Å². The molecule has 3 rings (SSSR count). The second kappa shape index (κ2) is 8.67. The summed E-state index contributed by atoms with van der Waals surface area (Å²) in [6.07, 6.45) is 0.279. The monoisotopic (exact) mass is 372 g/mol. The van der Waals surface area contributed by atoms with Crippen LogP contribution in [0.5, 0.6) is 0 Å². The minimum Gasteiger partial charge on any atom is -0.376 e. The SMILES string of the molecule is C[C@H](NC(=O)c1ccc(CN2CCO[C@@H](C)C2)cc1)c1cccc(Cl)c1. The highest BCUT2D eigenvalue weighted by Gasteiger charge is 2.17. The molecule has 1 fully saturated rings. The fourth-order valence-corrected chi connectivity index (χ4v) is 3.39. The highest BCUT2D eigenvalue weighted by molar-refractivity contribution is 6.30. The van der Waals surface area contributed by atoms with Crippen LogP contribution in [0.15, 0.2) is 48.5 Å². The Bertz CT molecular complexity index is 748. The van der Waals surface area contributed by atoms with Gasteiger partial charge in [0.2, 0.25) is 0 Å². The average Bonchev–Trinajstić information content (AvgIpc) is 2.62. The lowest BCUT2D eigenvalue weighted by Gasteiger charge is -2.31. The van der Waals surface area contributed by atoms with Crippen LogP contribution in [0.4, 0.5) is 0 Å². The van der Waals surface area contributed by atoms with Crippen LogP contribution < -0.4 is 5.32 Å². The lowest BCUT2D eigenvalue weighted by Crippen LogP contribution is -2.40. The van der Waals surface area contributed by atoms with Crippen LogP contribution in [-0.2, 0) is 11.3 Å². The number of benzene rings is 2. The molecule has 1 aliphatic rings. The van der Waals surface area contributed by atoms with E-state index in [0.717, 1.165) is 31.8 Å². The molecule has 0 unspecified atom stereocenters. The summed E-state index contributed by atoms with van der Waals surface area (Å²) in [5.74, 6) is -0.0796. The number of nitrogens with one attached hydrogen (secondary N) is 1. The maximum atomic E-state index is 12.5. The van der Waals surface area contributed by atoms with Crippen molar-refractivity contribution in [2.24, 2.45) is 0 Å². The first-order valence-electron chi connectivity index (χ1n) is 9.00. The van der Waals surface area contributed by atoms with Gasteiger partial charge in [0, 0.05) is 30.2 Å². The van der Waals surface area contributed by atoms with Crippen molar-refractivity contribution in [2.75, 3.05) is 19.7 Å². The van der Waals surface area contributed by atoms with Gasteiger partial charge in [-0.3, -0.25) is 9.69 Å². The number of rotatable bonds is 5. The summed E-state index contributed by atoms with van der Waals surface area (Å²) in [5, 5.41) is 3.69. The minimum absolute atomic E-state index is 0.0796. The molecular weight excluding hydrogens is 348 g/mol. The summed E-state index contributed by atoms with van der Waals surface area (Å²) in [6.45, 7) is 7.61. The predicted octanol–water partition coefficient (Wildman–Crippen LogP) is 4.05. The summed E-state index contributed by atoms with van der Waals surface area (Å²) in [4.78, 5) is 14.9. The van der Waals surface area contributed by atoms with Crippen molar-refractivity contribution in [3.05, 3.63) is 70.2 Å². The van der Waals surface area contributed by atoms with Crippen molar-refractivity contribution < 1.29 is 9.53 Å². The molecule has 0 radical (unpaired) electrons. The molecule has 1 saturated heterocycles.